The summed E-state index contributed by atoms with van der Waals surface area (Å²) in [5, 5.41) is 16.4. The fraction of sp³-hybridized carbons (Fsp3) is 0.148. The lowest BCUT2D eigenvalue weighted by molar-refractivity contribution is -0.143. The van der Waals surface area contributed by atoms with Crippen LogP contribution in [-0.2, 0) is 18.9 Å². The minimum absolute atomic E-state index is 0.0282. The van der Waals surface area contributed by atoms with Gasteiger partial charge in [0.05, 0.1) is 40.1 Å². The van der Waals surface area contributed by atoms with Gasteiger partial charge in [-0.25, -0.2) is 4.68 Å². The third-order valence-electron chi connectivity index (χ3n) is 6.02. The van der Waals surface area contributed by atoms with E-state index in [0.717, 1.165) is 4.68 Å². The summed E-state index contributed by atoms with van der Waals surface area (Å²) in [4.78, 5) is 21.8. The number of nitrogens with zero attached hydrogens (tertiary/aromatic N) is 7. The third kappa shape index (κ3) is 5.84. The third-order valence-corrected chi connectivity index (χ3v) is 6.35. The van der Waals surface area contributed by atoms with Crippen molar-refractivity contribution in [2.45, 2.75) is 25.8 Å². The van der Waals surface area contributed by atoms with Gasteiger partial charge in [-0.1, -0.05) is 28.9 Å². The largest absolute Gasteiger partial charge is 0.416 e. The molecule has 0 aliphatic rings. The van der Waals surface area contributed by atoms with E-state index in [1.165, 1.54) is 36.8 Å². The molecule has 2 aromatic carbocycles. The molecule has 5 aromatic rings. The first kappa shape index (κ1) is 28.8. The number of aryl methyl sites for hydroxylation is 1. The highest BCUT2D eigenvalue weighted by Gasteiger charge is 2.37. The molecule has 214 valence electrons. The van der Waals surface area contributed by atoms with Crippen LogP contribution in [0.15, 0.2) is 67.1 Å². The molecule has 5 rings (SSSR count). The summed E-state index contributed by atoms with van der Waals surface area (Å²) in [6.45, 7) is 1.03. The monoisotopic (exact) mass is 603 g/mol. The molecule has 0 radical (unpaired) electrons. The second-order valence-corrected chi connectivity index (χ2v) is 9.41. The van der Waals surface area contributed by atoms with Gasteiger partial charge in [0.25, 0.3) is 0 Å². The standard InChI is InChI=1S/C27H16ClF6N7O/c1-14-8-19(25(42)18-4-2-3-5-20(18)28)22(38-37-14)23-24(21-12-35-6-7-36-21)41(40-39-23)13-15-9-16(26(29,30)31)11-17(10-15)27(32,33)34/h2-12H,13H2,1H3. The van der Waals surface area contributed by atoms with Gasteiger partial charge in [-0.2, -0.15) is 31.4 Å². The Morgan fingerprint density at radius 1 is 0.857 bits per heavy atom. The maximum Gasteiger partial charge on any atom is 0.416 e. The first-order valence-electron chi connectivity index (χ1n) is 11.9. The van der Waals surface area contributed by atoms with E-state index in [1.54, 1.807) is 19.1 Å². The smallest absolute Gasteiger partial charge is 0.288 e. The van der Waals surface area contributed by atoms with Gasteiger partial charge in [-0.15, -0.1) is 10.2 Å². The van der Waals surface area contributed by atoms with E-state index in [1.807, 2.05) is 0 Å². The molecule has 42 heavy (non-hydrogen) atoms. The summed E-state index contributed by atoms with van der Waals surface area (Å²) in [5.74, 6) is -0.527. The second kappa shape index (κ2) is 10.9. The SMILES string of the molecule is Cc1cc(C(=O)c2ccccc2Cl)c(-c2nnn(Cc3cc(C(F)(F)F)cc(C(F)(F)F)c3)c2-c2cnccn2)nn1. The van der Waals surface area contributed by atoms with E-state index in [9.17, 15) is 31.1 Å². The Morgan fingerprint density at radius 3 is 2.17 bits per heavy atom. The topological polar surface area (TPSA) is 99.3 Å². The molecule has 8 nitrogen and oxygen atoms in total. The molecule has 3 heterocycles. The number of carbonyl (C=O) groups excluding carboxylic acids is 1. The molecule has 0 spiro atoms. The lowest BCUT2D eigenvalue weighted by Crippen LogP contribution is -2.13. The number of alkyl halides is 6. The molecule has 15 heteroatoms. The van der Waals surface area contributed by atoms with Crippen LogP contribution in [0, 0.1) is 6.92 Å². The van der Waals surface area contributed by atoms with Gasteiger partial charge >= 0.3 is 12.4 Å². The van der Waals surface area contributed by atoms with Gasteiger partial charge in [0, 0.05) is 18.0 Å². The van der Waals surface area contributed by atoms with Crippen molar-refractivity contribution in [3.05, 3.63) is 106 Å². The number of benzene rings is 2. The molecular weight excluding hydrogens is 588 g/mol. The highest BCUT2D eigenvalue weighted by molar-refractivity contribution is 6.35. The molecule has 0 fully saturated rings. The van der Waals surface area contributed by atoms with Crippen molar-refractivity contribution in [1.82, 2.24) is 35.2 Å². The van der Waals surface area contributed by atoms with Crippen LogP contribution in [0.5, 0.6) is 0 Å². The van der Waals surface area contributed by atoms with Gasteiger partial charge in [-0.05, 0) is 48.9 Å². The molecular formula is C27H16ClF6N7O. The van der Waals surface area contributed by atoms with Gasteiger partial charge < -0.3 is 0 Å². The van der Waals surface area contributed by atoms with Crippen molar-refractivity contribution >= 4 is 17.4 Å². The van der Waals surface area contributed by atoms with Crippen LogP contribution < -0.4 is 0 Å². The highest BCUT2D eigenvalue weighted by Crippen LogP contribution is 2.37. The molecule has 3 aromatic heterocycles. The number of halogens is 7. The fourth-order valence-electron chi connectivity index (χ4n) is 4.17. The van der Waals surface area contributed by atoms with Crippen LogP contribution >= 0.6 is 11.6 Å². The van der Waals surface area contributed by atoms with Crippen LogP contribution in [0.2, 0.25) is 5.02 Å². The fourth-order valence-corrected chi connectivity index (χ4v) is 4.39. The molecule has 0 unspecified atom stereocenters. The Balaban J connectivity index is 1.69. The van der Waals surface area contributed by atoms with Crippen molar-refractivity contribution in [1.29, 1.82) is 0 Å². The number of carbonyl (C=O) groups is 1. The zero-order valence-electron chi connectivity index (χ0n) is 21.2. The van der Waals surface area contributed by atoms with Crippen molar-refractivity contribution < 1.29 is 31.1 Å². The predicted octanol–water partition coefficient (Wildman–Crippen LogP) is 6.47. The minimum atomic E-state index is -5.04. The maximum atomic E-state index is 13.6. The quantitative estimate of drug-likeness (QED) is 0.162. The number of hydrogen-bond acceptors (Lipinski definition) is 7. The first-order valence-corrected chi connectivity index (χ1v) is 12.3. The Morgan fingerprint density at radius 2 is 1.55 bits per heavy atom. The van der Waals surface area contributed by atoms with Crippen LogP contribution in [0.25, 0.3) is 22.8 Å². The van der Waals surface area contributed by atoms with Crippen LogP contribution in [0.1, 0.15) is 38.3 Å². The summed E-state index contributed by atoms with van der Waals surface area (Å²) in [5.41, 5.74) is -2.72. The lowest BCUT2D eigenvalue weighted by atomic mass is 9.99. The van der Waals surface area contributed by atoms with Gasteiger partial charge in [0.1, 0.15) is 22.8 Å². The lowest BCUT2D eigenvalue weighted by Gasteiger charge is -2.15. The number of aromatic nitrogens is 7. The van der Waals surface area contributed by atoms with Crippen molar-refractivity contribution in [2.75, 3.05) is 0 Å². The summed E-state index contributed by atoms with van der Waals surface area (Å²) < 4.78 is 82.0. The number of hydrogen-bond donors (Lipinski definition) is 0. The van der Waals surface area contributed by atoms with E-state index >= 15 is 0 Å². The minimum Gasteiger partial charge on any atom is -0.288 e. The summed E-state index contributed by atoms with van der Waals surface area (Å²) in [7, 11) is 0. The zero-order valence-corrected chi connectivity index (χ0v) is 22.0. The molecule has 0 N–H and O–H groups in total. The normalized spacial score (nSPS) is 12.0. The molecule has 0 saturated heterocycles. The maximum absolute atomic E-state index is 13.6. The molecule has 0 bridgehead atoms. The van der Waals surface area contributed by atoms with Crippen molar-refractivity contribution in [3.8, 4) is 22.8 Å². The van der Waals surface area contributed by atoms with E-state index < -0.39 is 35.8 Å². The average molecular weight is 604 g/mol. The molecule has 0 saturated carbocycles. The second-order valence-electron chi connectivity index (χ2n) is 9.01. The summed E-state index contributed by atoms with van der Waals surface area (Å²) >= 11 is 6.25. The van der Waals surface area contributed by atoms with Crippen molar-refractivity contribution in [3.63, 3.8) is 0 Å². The Labute approximate surface area is 238 Å². The van der Waals surface area contributed by atoms with E-state index in [2.05, 4.69) is 30.5 Å². The van der Waals surface area contributed by atoms with Crippen LogP contribution in [0.3, 0.4) is 0 Å². The Bertz CT molecular complexity index is 1760. The first-order chi connectivity index (χ1) is 19.8. The van der Waals surface area contributed by atoms with E-state index in [-0.39, 0.29) is 50.6 Å². The molecule has 0 aliphatic heterocycles. The molecule has 0 amide bonds. The van der Waals surface area contributed by atoms with Gasteiger partial charge in [0.2, 0.25) is 0 Å². The number of rotatable bonds is 6. The summed E-state index contributed by atoms with van der Waals surface area (Å²) in [6.07, 6.45) is -6.11. The summed E-state index contributed by atoms with van der Waals surface area (Å²) in [6, 6.07) is 8.98. The highest BCUT2D eigenvalue weighted by atomic mass is 35.5. The Kier molecular flexibility index (Phi) is 7.49. The van der Waals surface area contributed by atoms with Gasteiger partial charge in [-0.3, -0.25) is 14.8 Å². The van der Waals surface area contributed by atoms with Gasteiger partial charge in [0.15, 0.2) is 5.78 Å². The molecule has 0 aliphatic carbocycles. The van der Waals surface area contributed by atoms with Crippen molar-refractivity contribution in [2.24, 2.45) is 0 Å². The van der Waals surface area contributed by atoms with Crippen LogP contribution in [-0.4, -0.2) is 40.9 Å². The average Bonchev–Trinajstić information content (AvgIpc) is 3.35. The molecule has 0 atom stereocenters. The Hall–Kier alpha value is -4.72. The number of ketones is 1. The van der Waals surface area contributed by atoms with Crippen LogP contribution in [0.4, 0.5) is 26.3 Å². The van der Waals surface area contributed by atoms with E-state index in [0.29, 0.717) is 17.8 Å². The van der Waals surface area contributed by atoms with E-state index in [4.69, 9.17) is 11.6 Å². The predicted molar refractivity (Wildman–Crippen MR) is 137 cm³/mol. The zero-order chi connectivity index (χ0) is 30.2.